The number of amides is 2. The van der Waals surface area contributed by atoms with Gasteiger partial charge in [0.05, 0.1) is 5.52 Å². The zero-order valence-corrected chi connectivity index (χ0v) is 18.4. The lowest BCUT2D eigenvalue weighted by atomic mass is 10.2. The van der Waals surface area contributed by atoms with Crippen LogP contribution >= 0.6 is 0 Å². The Labute approximate surface area is 195 Å². The van der Waals surface area contributed by atoms with Gasteiger partial charge in [-0.15, -0.1) is 0 Å². The van der Waals surface area contributed by atoms with Crippen LogP contribution in [0, 0.1) is 0 Å². The van der Waals surface area contributed by atoms with Crippen LogP contribution in [0.25, 0.3) is 10.9 Å². The fraction of sp³-hybridized carbons (Fsp3) is 0.0400. The molecule has 3 aromatic carbocycles. The van der Waals surface area contributed by atoms with Gasteiger partial charge in [0.15, 0.2) is 0 Å². The van der Waals surface area contributed by atoms with E-state index in [4.69, 9.17) is 0 Å². The molecule has 0 saturated carbocycles. The lowest BCUT2D eigenvalue weighted by Gasteiger charge is -2.11. The summed E-state index contributed by atoms with van der Waals surface area (Å²) in [5.41, 5.74) is 3.88. The van der Waals surface area contributed by atoms with Crippen molar-refractivity contribution in [3.8, 4) is 0 Å². The van der Waals surface area contributed by atoms with Gasteiger partial charge >= 0.3 is 6.03 Å². The van der Waals surface area contributed by atoms with Gasteiger partial charge in [0.25, 0.3) is 0 Å². The molecular formula is C25H22N8O. The van der Waals surface area contributed by atoms with Crippen LogP contribution in [0.3, 0.4) is 0 Å². The maximum Gasteiger partial charge on any atom is 0.323 e. The second-order valence-electron chi connectivity index (χ2n) is 7.62. The Morgan fingerprint density at radius 2 is 1.56 bits per heavy atom. The lowest BCUT2D eigenvalue weighted by molar-refractivity contribution is 0.262. The highest BCUT2D eigenvalue weighted by Crippen LogP contribution is 2.22. The third kappa shape index (κ3) is 5.10. The van der Waals surface area contributed by atoms with E-state index in [0.717, 1.165) is 22.3 Å². The quantitative estimate of drug-likeness (QED) is 0.272. The van der Waals surface area contributed by atoms with Crippen molar-refractivity contribution in [1.82, 2.24) is 19.7 Å². The topological polar surface area (TPSA) is 109 Å². The highest BCUT2D eigenvalue weighted by molar-refractivity contribution is 6.00. The fourth-order valence-electron chi connectivity index (χ4n) is 3.47. The van der Waals surface area contributed by atoms with Gasteiger partial charge < -0.3 is 21.3 Å². The van der Waals surface area contributed by atoms with Crippen LogP contribution in [0.5, 0.6) is 0 Å². The molecule has 0 aliphatic carbocycles. The number of aryl methyl sites for hydroxylation is 1. The van der Waals surface area contributed by atoms with Crippen LogP contribution < -0.4 is 21.3 Å². The molecule has 34 heavy (non-hydrogen) atoms. The van der Waals surface area contributed by atoms with Crippen LogP contribution in [-0.4, -0.2) is 25.8 Å². The van der Waals surface area contributed by atoms with E-state index in [1.165, 1.54) is 0 Å². The molecule has 0 unspecified atom stereocenters. The average molecular weight is 451 g/mol. The number of hydrogen-bond acceptors (Lipinski definition) is 6. The Bertz CT molecular complexity index is 1450. The summed E-state index contributed by atoms with van der Waals surface area (Å²) in [6.07, 6.45) is 3.65. The molecule has 4 N–H and O–H groups in total. The third-order valence-electron chi connectivity index (χ3n) is 4.96. The molecule has 0 aliphatic heterocycles. The Morgan fingerprint density at radius 1 is 0.794 bits per heavy atom. The van der Waals surface area contributed by atoms with E-state index in [1.54, 1.807) is 16.9 Å². The largest absolute Gasteiger partial charge is 0.340 e. The van der Waals surface area contributed by atoms with Gasteiger partial charge in [-0.05, 0) is 54.6 Å². The number of carbonyl (C=O) groups excluding carboxylic acids is 1. The molecule has 0 aliphatic rings. The number of rotatable bonds is 6. The summed E-state index contributed by atoms with van der Waals surface area (Å²) in [6.45, 7) is 0. The highest BCUT2D eigenvalue weighted by atomic mass is 16.2. The van der Waals surface area contributed by atoms with Gasteiger partial charge in [-0.3, -0.25) is 4.68 Å². The van der Waals surface area contributed by atoms with E-state index < -0.39 is 0 Å². The molecule has 0 atom stereocenters. The summed E-state index contributed by atoms with van der Waals surface area (Å²) >= 11 is 0. The summed E-state index contributed by atoms with van der Waals surface area (Å²) in [5.74, 6) is 1.07. The molecule has 168 valence electrons. The fourth-order valence-corrected chi connectivity index (χ4v) is 3.47. The molecule has 0 fully saturated rings. The first-order chi connectivity index (χ1) is 16.6. The predicted molar refractivity (Wildman–Crippen MR) is 135 cm³/mol. The minimum Gasteiger partial charge on any atom is -0.340 e. The molecule has 0 radical (unpaired) electrons. The van der Waals surface area contributed by atoms with Gasteiger partial charge in [-0.1, -0.05) is 24.3 Å². The van der Waals surface area contributed by atoms with Gasteiger partial charge in [-0.25, -0.2) is 9.78 Å². The molecule has 0 saturated heterocycles. The number of nitrogens with one attached hydrogen (secondary N) is 4. The first-order valence-electron chi connectivity index (χ1n) is 10.6. The minimum atomic E-state index is -0.323. The average Bonchev–Trinajstić information content (AvgIpc) is 3.19. The number of carbonyl (C=O) groups is 1. The van der Waals surface area contributed by atoms with E-state index in [-0.39, 0.29) is 6.03 Å². The first-order valence-corrected chi connectivity index (χ1v) is 10.6. The van der Waals surface area contributed by atoms with Crippen molar-refractivity contribution < 1.29 is 4.79 Å². The third-order valence-corrected chi connectivity index (χ3v) is 4.96. The Hall–Kier alpha value is -4.92. The number of urea groups is 1. The van der Waals surface area contributed by atoms with Crippen molar-refractivity contribution in [2.45, 2.75) is 0 Å². The normalized spacial score (nSPS) is 10.6. The van der Waals surface area contributed by atoms with Crippen LogP contribution in [0.15, 0.2) is 91.3 Å². The molecule has 2 heterocycles. The summed E-state index contributed by atoms with van der Waals surface area (Å²) in [5, 5.41) is 17.6. The SMILES string of the molecule is Cn1cc2ccc(Nc3ccnc(Nc4cccc(NC(=O)Nc5ccccc5)c4)n3)cc2n1. The van der Waals surface area contributed by atoms with Gasteiger partial charge in [0.2, 0.25) is 5.95 Å². The molecule has 5 aromatic rings. The molecule has 0 bridgehead atoms. The van der Waals surface area contributed by atoms with Crippen molar-refractivity contribution in [2.24, 2.45) is 7.05 Å². The van der Waals surface area contributed by atoms with Crippen molar-refractivity contribution in [2.75, 3.05) is 21.3 Å². The van der Waals surface area contributed by atoms with Crippen molar-refractivity contribution in [3.05, 3.63) is 91.3 Å². The number of fused-ring (bicyclic) bond motifs is 1. The minimum absolute atomic E-state index is 0.323. The van der Waals surface area contributed by atoms with Gasteiger partial charge in [0, 0.05) is 47.6 Å². The van der Waals surface area contributed by atoms with E-state index in [1.807, 2.05) is 86.0 Å². The van der Waals surface area contributed by atoms with Crippen molar-refractivity contribution in [1.29, 1.82) is 0 Å². The summed E-state index contributed by atoms with van der Waals surface area (Å²) in [4.78, 5) is 21.1. The second-order valence-corrected chi connectivity index (χ2v) is 7.62. The van der Waals surface area contributed by atoms with Crippen LogP contribution in [-0.2, 0) is 7.05 Å². The lowest BCUT2D eigenvalue weighted by Crippen LogP contribution is -2.19. The number of nitrogens with zero attached hydrogens (tertiary/aromatic N) is 4. The number of para-hydroxylation sites is 1. The molecule has 0 spiro atoms. The van der Waals surface area contributed by atoms with Crippen molar-refractivity contribution >= 4 is 51.4 Å². The molecule has 9 heteroatoms. The zero-order valence-electron chi connectivity index (χ0n) is 18.4. The summed E-state index contributed by atoms with van der Waals surface area (Å²) < 4.78 is 1.79. The maximum absolute atomic E-state index is 12.3. The highest BCUT2D eigenvalue weighted by Gasteiger charge is 2.06. The predicted octanol–water partition coefficient (Wildman–Crippen LogP) is 5.49. The molecule has 9 nitrogen and oxygen atoms in total. The van der Waals surface area contributed by atoms with Crippen LogP contribution in [0.2, 0.25) is 0 Å². The van der Waals surface area contributed by atoms with Crippen LogP contribution in [0.1, 0.15) is 0 Å². The monoisotopic (exact) mass is 450 g/mol. The summed E-state index contributed by atoms with van der Waals surface area (Å²) in [7, 11) is 1.90. The van der Waals surface area contributed by atoms with Crippen molar-refractivity contribution in [3.63, 3.8) is 0 Å². The Balaban J connectivity index is 1.25. The standard InChI is InChI=1S/C25H22N8O/c1-33-16-17-10-11-21(15-22(17)32-33)27-23-12-13-26-24(31-23)28-19-8-5-9-20(14-19)30-25(34)29-18-6-3-2-4-7-18/h2-16H,1H3,(H2,29,30,34)(H2,26,27,28,31). The van der Waals surface area contributed by atoms with E-state index in [0.29, 0.717) is 23.1 Å². The molecule has 2 aromatic heterocycles. The molecule has 5 rings (SSSR count). The van der Waals surface area contributed by atoms with E-state index in [9.17, 15) is 4.79 Å². The zero-order chi connectivity index (χ0) is 23.3. The Kier molecular flexibility index (Phi) is 5.73. The van der Waals surface area contributed by atoms with E-state index in [2.05, 4.69) is 36.3 Å². The van der Waals surface area contributed by atoms with Gasteiger partial charge in [-0.2, -0.15) is 10.1 Å². The van der Waals surface area contributed by atoms with Gasteiger partial charge in [0.1, 0.15) is 5.82 Å². The Morgan fingerprint density at radius 3 is 2.44 bits per heavy atom. The number of aromatic nitrogens is 4. The molecule has 2 amide bonds. The first kappa shape index (κ1) is 21.0. The second kappa shape index (κ2) is 9.29. The number of anilines is 6. The smallest absolute Gasteiger partial charge is 0.323 e. The number of hydrogen-bond donors (Lipinski definition) is 4. The summed E-state index contributed by atoms with van der Waals surface area (Å²) in [6, 6.07) is 24.0. The van der Waals surface area contributed by atoms with Crippen LogP contribution in [0.4, 0.5) is 39.3 Å². The molecular weight excluding hydrogens is 428 g/mol. The maximum atomic E-state index is 12.3. The number of benzene rings is 3. The van der Waals surface area contributed by atoms with E-state index >= 15 is 0 Å².